The van der Waals surface area contributed by atoms with Gasteiger partial charge in [0, 0.05) is 36.8 Å². The number of fused-ring (bicyclic) bond motifs is 2. The molecule has 1 aliphatic heterocycles. The first-order valence-electron chi connectivity index (χ1n) is 15.8. The van der Waals surface area contributed by atoms with Crippen molar-refractivity contribution in [3.8, 4) is 5.75 Å². The first-order valence-corrected chi connectivity index (χ1v) is 15.8. The molecular formula is C36H48N2O7. The predicted octanol–water partition coefficient (Wildman–Crippen LogP) is 5.60. The largest absolute Gasteiger partial charge is 0.508 e. The molecule has 0 saturated carbocycles. The van der Waals surface area contributed by atoms with Crippen LogP contribution in [0.3, 0.4) is 0 Å². The highest BCUT2D eigenvalue weighted by molar-refractivity contribution is 5.96. The summed E-state index contributed by atoms with van der Waals surface area (Å²) in [6, 6.07) is 4.11. The zero-order chi connectivity index (χ0) is 32.8. The molecule has 3 rings (SSSR count). The van der Waals surface area contributed by atoms with E-state index in [2.05, 4.69) is 10.6 Å². The number of aliphatic hydroxyl groups excluding tert-OH is 1. The molecule has 0 fully saturated rings. The molecule has 2 aliphatic rings. The molecule has 0 aromatic heterocycles. The Balaban J connectivity index is 1.80. The van der Waals surface area contributed by atoms with Crippen LogP contribution in [0.4, 0.5) is 5.69 Å². The van der Waals surface area contributed by atoms with Gasteiger partial charge in [0.05, 0.1) is 18.6 Å². The third-order valence-electron chi connectivity index (χ3n) is 8.12. The summed E-state index contributed by atoms with van der Waals surface area (Å²) in [4.78, 5) is 38.4. The Morgan fingerprint density at radius 1 is 1.04 bits per heavy atom. The number of anilines is 1. The number of aliphatic hydroxyl groups is 1. The normalized spacial score (nSPS) is 27.6. The number of nitrogens with one attached hydrogen (secondary N) is 2. The van der Waals surface area contributed by atoms with E-state index < -0.39 is 36.2 Å². The van der Waals surface area contributed by atoms with Gasteiger partial charge < -0.3 is 30.3 Å². The fourth-order valence-corrected chi connectivity index (χ4v) is 5.34. The summed E-state index contributed by atoms with van der Waals surface area (Å²) >= 11 is 0. The van der Waals surface area contributed by atoms with Crippen LogP contribution < -0.4 is 10.6 Å². The van der Waals surface area contributed by atoms with Crippen LogP contribution >= 0.6 is 0 Å². The number of rotatable bonds is 5. The van der Waals surface area contributed by atoms with Crippen LogP contribution in [0, 0.1) is 5.92 Å². The Hall–Kier alpha value is -3.95. The van der Waals surface area contributed by atoms with Crippen LogP contribution in [0.5, 0.6) is 5.75 Å². The van der Waals surface area contributed by atoms with Gasteiger partial charge in [-0.3, -0.25) is 9.59 Å². The lowest BCUT2D eigenvalue weighted by atomic mass is 9.90. The van der Waals surface area contributed by atoms with Gasteiger partial charge in [-0.1, -0.05) is 55.5 Å². The third-order valence-corrected chi connectivity index (χ3v) is 8.12. The molecule has 45 heavy (non-hydrogen) atoms. The average molecular weight is 621 g/mol. The number of esters is 1. The number of hydrogen-bond acceptors (Lipinski definition) is 7. The summed E-state index contributed by atoms with van der Waals surface area (Å²) in [6.07, 6.45) is 17.9. The Labute approximate surface area is 266 Å². The second-order valence-electron chi connectivity index (χ2n) is 11.8. The van der Waals surface area contributed by atoms with Crippen LogP contribution in [0.2, 0.25) is 0 Å². The molecule has 9 heteroatoms. The van der Waals surface area contributed by atoms with Crippen molar-refractivity contribution in [1.82, 2.24) is 5.32 Å². The van der Waals surface area contributed by atoms with Crippen molar-refractivity contribution in [2.45, 2.75) is 96.5 Å². The van der Waals surface area contributed by atoms with Crippen LogP contribution in [0.1, 0.15) is 71.3 Å². The summed E-state index contributed by atoms with van der Waals surface area (Å²) in [5.41, 5.74) is 2.75. The molecule has 4 N–H and O–H groups in total. The minimum atomic E-state index is -0.883. The first-order chi connectivity index (χ1) is 21.6. The molecular weight excluding hydrogens is 572 g/mol. The van der Waals surface area contributed by atoms with Gasteiger partial charge in [0.2, 0.25) is 11.8 Å². The number of carbonyl (C=O) groups excluding carboxylic acids is 3. The summed E-state index contributed by atoms with van der Waals surface area (Å²) in [6.45, 7) is 5.28. The number of hydrogen-bond donors (Lipinski definition) is 4. The van der Waals surface area contributed by atoms with Crippen molar-refractivity contribution in [1.29, 1.82) is 0 Å². The summed E-state index contributed by atoms with van der Waals surface area (Å²) in [5, 5.41) is 27.1. The molecule has 1 heterocycles. The van der Waals surface area contributed by atoms with Gasteiger partial charge in [0.15, 0.2) is 0 Å². The first kappa shape index (κ1) is 35.5. The van der Waals surface area contributed by atoms with Gasteiger partial charge in [-0.25, -0.2) is 4.79 Å². The molecule has 0 saturated heterocycles. The predicted molar refractivity (Wildman–Crippen MR) is 175 cm³/mol. The topological polar surface area (TPSA) is 134 Å². The van der Waals surface area contributed by atoms with E-state index in [0.717, 1.165) is 30.4 Å². The highest BCUT2D eigenvalue weighted by atomic mass is 16.5. The highest BCUT2D eigenvalue weighted by Gasteiger charge is 2.30. The molecule has 0 radical (unpaired) electrons. The highest BCUT2D eigenvalue weighted by Crippen LogP contribution is 2.25. The zero-order valence-corrected chi connectivity index (χ0v) is 26.8. The monoisotopic (exact) mass is 620 g/mol. The van der Waals surface area contributed by atoms with Crippen LogP contribution in [0.15, 0.2) is 78.0 Å². The minimum Gasteiger partial charge on any atom is -0.508 e. The fourth-order valence-electron chi connectivity index (χ4n) is 5.34. The van der Waals surface area contributed by atoms with E-state index in [0.29, 0.717) is 36.9 Å². The number of carbonyl (C=O) groups is 3. The molecule has 0 unspecified atom stereocenters. The number of phenolic OH excluding ortho intramolecular Hbond substituents is 1. The lowest BCUT2D eigenvalue weighted by Crippen LogP contribution is -2.43. The number of allylic oxidation sites excluding steroid dienone is 6. The standard InChI is InChI=1S/C36H48N2O7/c1-24-14-13-15-27-20-29(22-30(39)21-27)38-33(40)23-31(44-4)18-11-6-5-7-12-19-32(25(2)34(24)41)45-36(43)26(3)37-35(42)28-16-9-8-10-17-28/h5-7,11-12,14,16,18,20-22,25-26,31-32,34,39,41H,8-10,13,15,17,19,23H2,1-4H3,(H,37,42)(H,38,40)/b6-5-,12-7-,18-11-,24-14-/t25-,26+,31-,32-,34-/m0/s1. The Kier molecular flexibility index (Phi) is 14.3. The Morgan fingerprint density at radius 3 is 2.56 bits per heavy atom. The van der Waals surface area contributed by atoms with Crippen molar-refractivity contribution in [2.75, 3.05) is 12.4 Å². The van der Waals surface area contributed by atoms with E-state index in [1.54, 1.807) is 31.2 Å². The van der Waals surface area contributed by atoms with E-state index in [9.17, 15) is 24.6 Å². The second-order valence-corrected chi connectivity index (χ2v) is 11.8. The maximum atomic E-state index is 13.1. The van der Waals surface area contributed by atoms with E-state index in [4.69, 9.17) is 9.47 Å². The Bertz CT molecular complexity index is 1330. The number of aromatic hydroxyl groups is 1. The lowest BCUT2D eigenvalue weighted by Gasteiger charge is -2.29. The SMILES string of the molecule is CO[C@H]1\C=C/C=C\C=C/C[C@H](OC(=O)[C@@H](C)NC(=O)C2=CCCCC2)[C@H](C)[C@@H](O)/C(C)=C\CCc2cc(O)cc(c2)NC(=O)C1. The maximum Gasteiger partial charge on any atom is 0.328 e. The number of ether oxygens (including phenoxy) is 2. The summed E-state index contributed by atoms with van der Waals surface area (Å²) < 4.78 is 11.3. The zero-order valence-electron chi connectivity index (χ0n) is 26.8. The van der Waals surface area contributed by atoms with Crippen molar-refractivity contribution < 1.29 is 34.1 Å². The van der Waals surface area contributed by atoms with Gasteiger partial charge >= 0.3 is 5.97 Å². The van der Waals surface area contributed by atoms with Crippen molar-refractivity contribution >= 4 is 23.5 Å². The molecule has 244 valence electrons. The smallest absolute Gasteiger partial charge is 0.328 e. The van der Waals surface area contributed by atoms with Crippen molar-refractivity contribution in [2.24, 2.45) is 5.92 Å². The van der Waals surface area contributed by atoms with Crippen LogP contribution in [0.25, 0.3) is 0 Å². The van der Waals surface area contributed by atoms with E-state index in [1.807, 2.05) is 50.3 Å². The van der Waals surface area contributed by atoms with Crippen LogP contribution in [-0.2, 0) is 30.3 Å². The van der Waals surface area contributed by atoms with Gasteiger partial charge in [0.1, 0.15) is 17.9 Å². The van der Waals surface area contributed by atoms with Crippen molar-refractivity contribution in [3.63, 3.8) is 0 Å². The third kappa shape index (κ3) is 11.8. The van der Waals surface area contributed by atoms with Gasteiger partial charge in [-0.2, -0.15) is 0 Å². The molecule has 1 aromatic rings. The van der Waals surface area contributed by atoms with Gasteiger partial charge in [-0.05, 0) is 75.6 Å². The van der Waals surface area contributed by atoms with E-state index in [-0.39, 0.29) is 24.0 Å². The fraction of sp³-hybridized carbons (Fsp3) is 0.472. The van der Waals surface area contributed by atoms with Crippen molar-refractivity contribution in [3.05, 3.63) is 83.5 Å². The molecule has 0 spiro atoms. The molecule has 9 nitrogen and oxygen atoms in total. The van der Waals surface area contributed by atoms with Crippen LogP contribution in [-0.4, -0.2) is 59.5 Å². The quantitative estimate of drug-likeness (QED) is 0.249. The molecule has 2 amide bonds. The molecule has 1 aliphatic carbocycles. The van der Waals surface area contributed by atoms with E-state index in [1.165, 1.54) is 13.2 Å². The second kappa shape index (κ2) is 18.1. The van der Waals surface area contributed by atoms with E-state index >= 15 is 0 Å². The molecule has 5 atom stereocenters. The number of benzene rings is 1. The summed E-state index contributed by atoms with van der Waals surface area (Å²) in [7, 11) is 1.53. The maximum absolute atomic E-state index is 13.1. The summed E-state index contributed by atoms with van der Waals surface area (Å²) in [5.74, 6) is -1.45. The number of phenols is 1. The lowest BCUT2D eigenvalue weighted by molar-refractivity contribution is -0.156. The van der Waals surface area contributed by atoms with Gasteiger partial charge in [0.25, 0.3) is 0 Å². The molecule has 2 bridgehead atoms. The number of amides is 2. The average Bonchev–Trinajstić information content (AvgIpc) is 3.01. The van der Waals surface area contributed by atoms with Gasteiger partial charge in [-0.15, -0.1) is 0 Å². The Morgan fingerprint density at radius 2 is 1.82 bits per heavy atom. The molecule has 1 aromatic carbocycles. The number of aryl methyl sites for hydroxylation is 1. The number of methoxy groups -OCH3 is 1. The minimum absolute atomic E-state index is 0.0434.